The third-order valence-electron chi connectivity index (χ3n) is 3.74. The van der Waals surface area contributed by atoms with Crippen LogP contribution in [0.15, 0.2) is 54.9 Å². The van der Waals surface area contributed by atoms with E-state index in [0.29, 0.717) is 23.5 Å². The summed E-state index contributed by atoms with van der Waals surface area (Å²) in [6.45, 7) is 0. The number of anilines is 1. The quantitative estimate of drug-likeness (QED) is 0.725. The van der Waals surface area contributed by atoms with Crippen molar-refractivity contribution in [1.29, 1.82) is 0 Å². The predicted molar refractivity (Wildman–Crippen MR) is 91.3 cm³/mol. The Bertz CT molecular complexity index is 853. The lowest BCUT2D eigenvalue weighted by Gasteiger charge is -2.16. The van der Waals surface area contributed by atoms with Gasteiger partial charge < -0.3 is 15.2 Å². The molecule has 0 fully saturated rings. The third-order valence-corrected chi connectivity index (χ3v) is 3.74. The zero-order valence-electron chi connectivity index (χ0n) is 13.1. The van der Waals surface area contributed by atoms with Gasteiger partial charge in [-0.25, -0.2) is 14.8 Å². The molecular weight excluding hydrogens is 306 g/mol. The zero-order chi connectivity index (χ0) is 16.9. The molecule has 122 valence electrons. The van der Waals surface area contributed by atoms with Gasteiger partial charge in [0.25, 0.3) is 0 Å². The maximum atomic E-state index is 11.6. The summed E-state index contributed by atoms with van der Waals surface area (Å²) in [5.74, 6) is 0.247. The normalized spacial score (nSPS) is 11.9. The molecule has 6 nitrogen and oxygen atoms in total. The SMILES string of the molecule is COc1ccc2c(NC(Cc3ccccc3)C(=O)O)ncnc2c1. The zero-order valence-corrected chi connectivity index (χ0v) is 13.1. The first-order valence-electron chi connectivity index (χ1n) is 7.49. The van der Waals surface area contributed by atoms with Crippen molar-refractivity contribution < 1.29 is 14.6 Å². The Morgan fingerprint density at radius 2 is 2.00 bits per heavy atom. The second-order valence-electron chi connectivity index (χ2n) is 5.33. The summed E-state index contributed by atoms with van der Waals surface area (Å²) >= 11 is 0. The Balaban J connectivity index is 1.90. The fourth-order valence-electron chi connectivity index (χ4n) is 2.49. The van der Waals surface area contributed by atoms with E-state index in [0.717, 1.165) is 10.9 Å². The Morgan fingerprint density at radius 1 is 1.21 bits per heavy atom. The van der Waals surface area contributed by atoms with Crippen molar-refractivity contribution in [1.82, 2.24) is 9.97 Å². The molecular formula is C18H17N3O3. The molecule has 0 bridgehead atoms. The second kappa shape index (κ2) is 6.95. The predicted octanol–water partition coefficient (Wildman–Crippen LogP) is 2.75. The maximum Gasteiger partial charge on any atom is 0.326 e. The van der Waals surface area contributed by atoms with Gasteiger partial charge in [0.2, 0.25) is 0 Å². The number of carboxylic acid groups (broad SMARTS) is 1. The van der Waals surface area contributed by atoms with Gasteiger partial charge in [0, 0.05) is 17.9 Å². The molecule has 0 aliphatic carbocycles. The van der Waals surface area contributed by atoms with Crippen LogP contribution in [0.1, 0.15) is 5.56 Å². The van der Waals surface area contributed by atoms with Crippen LogP contribution in [0.5, 0.6) is 5.75 Å². The number of fused-ring (bicyclic) bond motifs is 1. The van der Waals surface area contributed by atoms with Crippen LogP contribution < -0.4 is 10.1 Å². The summed E-state index contributed by atoms with van der Waals surface area (Å²) < 4.78 is 5.19. The molecule has 1 atom stereocenters. The highest BCUT2D eigenvalue weighted by Crippen LogP contribution is 2.24. The standard InChI is InChI=1S/C18H17N3O3/c1-24-13-7-8-14-15(10-13)19-11-20-17(14)21-16(18(22)23)9-12-5-3-2-4-6-12/h2-8,10-11,16H,9H2,1H3,(H,22,23)(H,19,20,21). The number of benzene rings is 2. The number of rotatable bonds is 6. The van der Waals surface area contributed by atoms with Crippen LogP contribution >= 0.6 is 0 Å². The monoisotopic (exact) mass is 323 g/mol. The van der Waals surface area contributed by atoms with E-state index in [-0.39, 0.29) is 0 Å². The average Bonchev–Trinajstić information content (AvgIpc) is 2.61. The molecule has 2 aromatic carbocycles. The van der Waals surface area contributed by atoms with E-state index in [2.05, 4.69) is 15.3 Å². The smallest absolute Gasteiger partial charge is 0.326 e. The van der Waals surface area contributed by atoms with E-state index >= 15 is 0 Å². The fourth-order valence-corrected chi connectivity index (χ4v) is 2.49. The lowest BCUT2D eigenvalue weighted by atomic mass is 10.1. The van der Waals surface area contributed by atoms with Crippen LogP contribution in [0.25, 0.3) is 10.9 Å². The molecule has 3 rings (SSSR count). The molecule has 0 saturated carbocycles. The third kappa shape index (κ3) is 3.43. The molecule has 1 aromatic heterocycles. The minimum absolute atomic E-state index is 0.359. The number of aromatic nitrogens is 2. The number of aliphatic carboxylic acids is 1. The van der Waals surface area contributed by atoms with E-state index < -0.39 is 12.0 Å². The van der Waals surface area contributed by atoms with Crippen LogP contribution in [0, 0.1) is 0 Å². The Morgan fingerprint density at radius 3 is 2.71 bits per heavy atom. The highest BCUT2D eigenvalue weighted by atomic mass is 16.5. The topological polar surface area (TPSA) is 84.3 Å². The highest BCUT2D eigenvalue weighted by molar-refractivity contribution is 5.91. The molecule has 0 spiro atoms. The lowest BCUT2D eigenvalue weighted by molar-refractivity contribution is -0.137. The van der Waals surface area contributed by atoms with Crippen molar-refractivity contribution in [2.45, 2.75) is 12.5 Å². The van der Waals surface area contributed by atoms with Crippen LogP contribution in [-0.4, -0.2) is 34.2 Å². The minimum Gasteiger partial charge on any atom is -0.497 e. The number of carbonyl (C=O) groups is 1. The van der Waals surface area contributed by atoms with E-state index in [9.17, 15) is 9.90 Å². The van der Waals surface area contributed by atoms with Crippen LogP contribution in [-0.2, 0) is 11.2 Å². The number of carboxylic acids is 1. The van der Waals surface area contributed by atoms with Crippen molar-refractivity contribution in [2.24, 2.45) is 0 Å². The van der Waals surface area contributed by atoms with Crippen LogP contribution in [0.3, 0.4) is 0 Å². The van der Waals surface area contributed by atoms with Gasteiger partial charge in [-0.1, -0.05) is 30.3 Å². The first-order valence-corrected chi connectivity index (χ1v) is 7.49. The molecule has 3 aromatic rings. The van der Waals surface area contributed by atoms with Crippen molar-refractivity contribution in [3.05, 3.63) is 60.4 Å². The van der Waals surface area contributed by atoms with Crippen molar-refractivity contribution >= 4 is 22.7 Å². The Labute approximate surface area is 139 Å². The van der Waals surface area contributed by atoms with Crippen molar-refractivity contribution in [2.75, 3.05) is 12.4 Å². The van der Waals surface area contributed by atoms with Gasteiger partial charge in [-0.05, 0) is 17.7 Å². The van der Waals surface area contributed by atoms with Gasteiger partial charge in [-0.3, -0.25) is 0 Å². The van der Waals surface area contributed by atoms with Gasteiger partial charge in [-0.15, -0.1) is 0 Å². The first kappa shape index (κ1) is 15.7. The summed E-state index contributed by atoms with van der Waals surface area (Å²) in [5.41, 5.74) is 1.63. The number of nitrogens with zero attached hydrogens (tertiary/aromatic N) is 2. The van der Waals surface area contributed by atoms with Crippen molar-refractivity contribution in [3.8, 4) is 5.75 Å². The molecule has 1 heterocycles. The van der Waals surface area contributed by atoms with Gasteiger partial charge in [0.15, 0.2) is 0 Å². The van der Waals surface area contributed by atoms with Crippen LogP contribution in [0.4, 0.5) is 5.82 Å². The van der Waals surface area contributed by atoms with Gasteiger partial charge in [0.05, 0.1) is 12.6 Å². The molecule has 0 saturated heterocycles. The number of hydrogen-bond donors (Lipinski definition) is 2. The number of nitrogens with one attached hydrogen (secondary N) is 1. The Hall–Kier alpha value is -3.15. The summed E-state index contributed by atoms with van der Waals surface area (Å²) in [5, 5.41) is 13.3. The van der Waals surface area contributed by atoms with E-state index in [1.807, 2.05) is 36.4 Å². The fraction of sp³-hybridized carbons (Fsp3) is 0.167. The van der Waals surface area contributed by atoms with Crippen LogP contribution in [0.2, 0.25) is 0 Å². The first-order chi connectivity index (χ1) is 11.7. The largest absolute Gasteiger partial charge is 0.497 e. The van der Waals surface area contributed by atoms with E-state index in [1.54, 1.807) is 19.2 Å². The van der Waals surface area contributed by atoms with E-state index in [1.165, 1.54) is 6.33 Å². The summed E-state index contributed by atoms with van der Waals surface area (Å²) in [4.78, 5) is 20.0. The number of ether oxygens (including phenoxy) is 1. The molecule has 0 aliphatic heterocycles. The summed E-state index contributed by atoms with van der Waals surface area (Å²) in [6.07, 6.45) is 1.77. The van der Waals surface area contributed by atoms with Crippen molar-refractivity contribution in [3.63, 3.8) is 0 Å². The van der Waals surface area contributed by atoms with Gasteiger partial charge in [-0.2, -0.15) is 0 Å². The molecule has 0 aliphatic rings. The molecule has 1 unspecified atom stereocenters. The molecule has 0 amide bonds. The summed E-state index contributed by atoms with van der Waals surface area (Å²) in [7, 11) is 1.59. The Kier molecular flexibility index (Phi) is 4.56. The van der Waals surface area contributed by atoms with Gasteiger partial charge in [0.1, 0.15) is 23.9 Å². The van der Waals surface area contributed by atoms with E-state index in [4.69, 9.17) is 4.74 Å². The molecule has 24 heavy (non-hydrogen) atoms. The second-order valence-corrected chi connectivity index (χ2v) is 5.33. The maximum absolute atomic E-state index is 11.6. The number of methoxy groups -OCH3 is 1. The molecule has 0 radical (unpaired) electrons. The average molecular weight is 323 g/mol. The minimum atomic E-state index is -0.931. The number of hydrogen-bond acceptors (Lipinski definition) is 5. The molecule has 2 N–H and O–H groups in total. The lowest BCUT2D eigenvalue weighted by Crippen LogP contribution is -2.32. The summed E-state index contributed by atoms with van der Waals surface area (Å²) in [6, 6.07) is 14.1. The molecule has 6 heteroatoms. The van der Waals surface area contributed by atoms with Gasteiger partial charge >= 0.3 is 5.97 Å². The highest BCUT2D eigenvalue weighted by Gasteiger charge is 2.19.